The van der Waals surface area contributed by atoms with Crippen molar-refractivity contribution in [3.05, 3.63) is 29.5 Å². The van der Waals surface area contributed by atoms with Crippen molar-refractivity contribution in [2.75, 3.05) is 18.5 Å². The highest BCUT2D eigenvalue weighted by Gasteiger charge is 2.47. The number of H-pyrrole nitrogens is 1. The van der Waals surface area contributed by atoms with Gasteiger partial charge in [-0.05, 0) is 80.5 Å². The number of aromatic amines is 1. The number of alkyl halides is 1. The molecular weight excluding hydrogens is 499 g/mol. The molecule has 0 bridgehead atoms. The molecule has 9 heteroatoms. The third-order valence-electron chi connectivity index (χ3n) is 9.70. The normalized spacial score (nSPS) is 27.0. The fraction of sp³-hybridized carbons (Fsp3) is 0.633. The molecule has 3 atom stereocenters. The largest absolute Gasteiger partial charge is 0.477 e. The minimum absolute atomic E-state index is 0.0451. The summed E-state index contributed by atoms with van der Waals surface area (Å²) in [5, 5.41) is 13.3. The number of nitrogens with zero attached hydrogens (tertiary/aromatic N) is 1. The van der Waals surface area contributed by atoms with Crippen molar-refractivity contribution in [2.45, 2.75) is 83.2 Å². The highest BCUT2D eigenvalue weighted by atomic mass is 19.1. The summed E-state index contributed by atoms with van der Waals surface area (Å²) in [6.07, 6.45) is 9.42. The van der Waals surface area contributed by atoms with Gasteiger partial charge in [0.1, 0.15) is 18.4 Å². The number of likely N-dealkylation sites (tertiary alicyclic amines) is 1. The lowest BCUT2D eigenvalue weighted by atomic mass is 9.76. The molecule has 1 unspecified atom stereocenters. The van der Waals surface area contributed by atoms with Crippen LogP contribution in [0.1, 0.15) is 80.3 Å². The second kappa shape index (κ2) is 11.7. The van der Waals surface area contributed by atoms with E-state index in [0.717, 1.165) is 50.3 Å². The number of carbonyl (C=O) groups excluding carboxylic acids is 2. The van der Waals surface area contributed by atoms with Gasteiger partial charge in [-0.25, -0.2) is 9.18 Å². The van der Waals surface area contributed by atoms with Crippen LogP contribution in [0.4, 0.5) is 10.1 Å². The zero-order chi connectivity index (χ0) is 27.7. The maximum Gasteiger partial charge on any atom is 0.352 e. The molecule has 1 aromatic carbocycles. The number of carbonyl (C=O) groups is 3. The van der Waals surface area contributed by atoms with Crippen molar-refractivity contribution in [2.24, 2.45) is 29.4 Å². The first-order valence-electron chi connectivity index (χ1n) is 14.6. The van der Waals surface area contributed by atoms with Gasteiger partial charge in [0, 0.05) is 35.1 Å². The molecule has 0 spiro atoms. The molecular formula is C30H41FN4O4. The number of carboxylic acids is 1. The van der Waals surface area contributed by atoms with Crippen LogP contribution in [0.3, 0.4) is 0 Å². The molecule has 1 aromatic heterocycles. The first kappa shape index (κ1) is 27.6. The number of hydrogen-bond donors (Lipinski definition) is 4. The van der Waals surface area contributed by atoms with Gasteiger partial charge >= 0.3 is 5.97 Å². The number of fused-ring (bicyclic) bond motifs is 1. The van der Waals surface area contributed by atoms with Crippen LogP contribution in [0.15, 0.2) is 18.2 Å². The zero-order valence-electron chi connectivity index (χ0n) is 22.8. The van der Waals surface area contributed by atoms with Crippen LogP contribution < -0.4 is 11.1 Å². The van der Waals surface area contributed by atoms with Crippen LogP contribution in [0.5, 0.6) is 0 Å². The lowest BCUT2D eigenvalue weighted by Gasteiger charge is -2.36. The lowest BCUT2D eigenvalue weighted by molar-refractivity contribution is -0.142. The fourth-order valence-corrected chi connectivity index (χ4v) is 7.44. The Morgan fingerprint density at radius 3 is 2.49 bits per heavy atom. The van der Waals surface area contributed by atoms with Crippen LogP contribution >= 0.6 is 0 Å². The number of aromatic nitrogens is 1. The van der Waals surface area contributed by atoms with Crippen LogP contribution in [0.2, 0.25) is 0 Å². The summed E-state index contributed by atoms with van der Waals surface area (Å²) in [6.45, 7) is 1.80. The number of aromatic carboxylic acids is 1. The van der Waals surface area contributed by atoms with E-state index in [1.807, 2.05) is 4.90 Å². The van der Waals surface area contributed by atoms with Crippen molar-refractivity contribution in [3.8, 4) is 0 Å². The molecule has 5 rings (SSSR count). The number of nitrogens with one attached hydrogen (secondary N) is 2. The van der Waals surface area contributed by atoms with Gasteiger partial charge in [0.25, 0.3) is 0 Å². The maximum absolute atomic E-state index is 13.9. The Labute approximate surface area is 228 Å². The van der Waals surface area contributed by atoms with E-state index in [1.54, 1.807) is 25.1 Å². The van der Waals surface area contributed by atoms with Gasteiger partial charge in [0.15, 0.2) is 0 Å². The molecule has 0 radical (unpaired) electrons. The van der Waals surface area contributed by atoms with E-state index >= 15 is 0 Å². The summed E-state index contributed by atoms with van der Waals surface area (Å²) in [5.74, 6) is -0.633. The Balaban J connectivity index is 1.36. The van der Waals surface area contributed by atoms with Crippen molar-refractivity contribution in [1.82, 2.24) is 9.88 Å². The average molecular weight is 541 g/mol. The van der Waals surface area contributed by atoms with Crippen LogP contribution in [0, 0.1) is 30.6 Å². The maximum atomic E-state index is 13.9. The lowest BCUT2D eigenvalue weighted by Crippen LogP contribution is -2.50. The van der Waals surface area contributed by atoms with Gasteiger partial charge in [-0.1, -0.05) is 32.1 Å². The number of carboxylic acid groups (broad SMARTS) is 1. The zero-order valence-corrected chi connectivity index (χ0v) is 22.8. The molecule has 2 heterocycles. The number of rotatable bonds is 7. The van der Waals surface area contributed by atoms with Crippen molar-refractivity contribution < 1.29 is 23.9 Å². The Morgan fingerprint density at radius 2 is 1.82 bits per heavy atom. The first-order valence-corrected chi connectivity index (χ1v) is 14.6. The minimum Gasteiger partial charge on any atom is -0.477 e. The van der Waals surface area contributed by atoms with Gasteiger partial charge in [-0.15, -0.1) is 0 Å². The summed E-state index contributed by atoms with van der Waals surface area (Å²) in [5.41, 5.74) is 7.98. The first-order chi connectivity index (χ1) is 18.8. The van der Waals surface area contributed by atoms with Crippen LogP contribution in [-0.2, 0) is 9.59 Å². The van der Waals surface area contributed by atoms with E-state index in [2.05, 4.69) is 10.3 Å². The van der Waals surface area contributed by atoms with Gasteiger partial charge in [-0.3, -0.25) is 9.59 Å². The summed E-state index contributed by atoms with van der Waals surface area (Å²) < 4.78 is 13.1. The molecule has 2 saturated carbocycles. The van der Waals surface area contributed by atoms with E-state index < -0.39 is 24.7 Å². The SMILES string of the molecule is Cc1c(C(=O)O)[nH]c2ccc(NC(=O)[C@@H]3[C@H](C4CCCCC4)CCN3C(=O)C3CCC(C(N)CF)CC3)cc12. The molecule has 3 aliphatic rings. The Hall–Kier alpha value is -2.94. The number of aryl methyl sites for hydroxylation is 1. The minimum atomic E-state index is -1.02. The number of halogens is 1. The number of nitrogens with two attached hydrogens (primary N) is 1. The van der Waals surface area contributed by atoms with Gasteiger partial charge < -0.3 is 26.0 Å². The average Bonchev–Trinajstić information content (AvgIpc) is 3.54. The van der Waals surface area contributed by atoms with E-state index in [9.17, 15) is 23.9 Å². The molecule has 2 aromatic rings. The predicted octanol–water partition coefficient (Wildman–Crippen LogP) is 5.01. The highest BCUT2D eigenvalue weighted by molar-refractivity contribution is 6.02. The molecule has 1 aliphatic heterocycles. The monoisotopic (exact) mass is 540 g/mol. The van der Waals surface area contributed by atoms with Crippen molar-refractivity contribution in [1.29, 1.82) is 0 Å². The van der Waals surface area contributed by atoms with Crippen LogP contribution in [-0.4, -0.2) is 58.1 Å². The van der Waals surface area contributed by atoms with E-state index in [1.165, 1.54) is 6.42 Å². The third kappa shape index (κ3) is 5.55. The van der Waals surface area contributed by atoms with Gasteiger partial charge in [-0.2, -0.15) is 0 Å². The number of anilines is 1. The Bertz CT molecular complexity index is 1220. The van der Waals surface area contributed by atoms with E-state index in [4.69, 9.17) is 5.73 Å². The second-order valence-corrected chi connectivity index (χ2v) is 11.9. The van der Waals surface area contributed by atoms with E-state index in [-0.39, 0.29) is 35.3 Å². The number of amides is 2. The smallest absolute Gasteiger partial charge is 0.352 e. The summed E-state index contributed by atoms with van der Waals surface area (Å²) in [6, 6.07) is 4.37. The predicted molar refractivity (Wildman–Crippen MR) is 148 cm³/mol. The van der Waals surface area contributed by atoms with E-state index in [0.29, 0.717) is 42.1 Å². The van der Waals surface area contributed by atoms with Crippen molar-refractivity contribution in [3.63, 3.8) is 0 Å². The quantitative estimate of drug-likeness (QED) is 0.392. The third-order valence-corrected chi connectivity index (χ3v) is 9.70. The number of benzene rings is 1. The molecule has 1 saturated heterocycles. The molecule has 8 nitrogen and oxygen atoms in total. The fourth-order valence-electron chi connectivity index (χ4n) is 7.44. The Morgan fingerprint density at radius 1 is 1.10 bits per heavy atom. The molecule has 39 heavy (non-hydrogen) atoms. The standard InChI is InChI=1S/C30H41FN4O4/c1-17-23-15-21(11-12-25(23)34-26(17)30(38)39)33-28(36)27-22(18-5-3-2-4-6-18)13-14-35(27)29(37)20-9-7-19(8-10-20)24(32)16-31/h11-12,15,18-20,22,24,27,34H,2-10,13-14,16,32H2,1H3,(H,33,36)(H,38,39)/t19?,20?,22-,24?,27-/m0/s1. The molecule has 212 valence electrons. The van der Waals surface area contributed by atoms with Crippen LogP contribution in [0.25, 0.3) is 10.9 Å². The van der Waals surface area contributed by atoms with Crippen molar-refractivity contribution >= 4 is 34.4 Å². The summed E-state index contributed by atoms with van der Waals surface area (Å²) in [4.78, 5) is 44.0. The Kier molecular flexibility index (Phi) is 8.26. The molecule has 2 amide bonds. The molecule has 3 fully saturated rings. The summed E-state index contributed by atoms with van der Waals surface area (Å²) >= 11 is 0. The second-order valence-electron chi connectivity index (χ2n) is 11.9. The van der Waals surface area contributed by atoms with Gasteiger partial charge in [0.2, 0.25) is 11.8 Å². The van der Waals surface area contributed by atoms with Gasteiger partial charge in [0.05, 0.1) is 0 Å². The molecule has 5 N–H and O–H groups in total. The highest BCUT2D eigenvalue weighted by Crippen LogP contribution is 2.41. The number of hydrogen-bond acceptors (Lipinski definition) is 4. The summed E-state index contributed by atoms with van der Waals surface area (Å²) in [7, 11) is 0. The topological polar surface area (TPSA) is 129 Å². The molecule has 2 aliphatic carbocycles.